The van der Waals surface area contributed by atoms with Gasteiger partial charge in [-0.05, 0) is 6.92 Å². The van der Waals surface area contributed by atoms with E-state index < -0.39 is 11.9 Å². The Bertz CT molecular complexity index is 433. The van der Waals surface area contributed by atoms with Crippen LogP contribution < -0.4 is 5.32 Å². The molecular weight excluding hydrogens is 254 g/mol. The minimum absolute atomic E-state index is 0.120. The Morgan fingerprint density at radius 3 is 2.78 bits per heavy atom. The monoisotopic (exact) mass is 271 g/mol. The number of thiazole rings is 1. The van der Waals surface area contributed by atoms with Gasteiger partial charge in [0.2, 0.25) is 0 Å². The maximum absolute atomic E-state index is 11.7. The molecule has 0 spiro atoms. The summed E-state index contributed by atoms with van der Waals surface area (Å²) in [6, 6.07) is -0.297. The van der Waals surface area contributed by atoms with Crippen LogP contribution in [0.4, 0.5) is 4.79 Å². The molecule has 1 rings (SSSR count). The van der Waals surface area contributed by atoms with E-state index in [1.165, 1.54) is 16.2 Å². The zero-order valence-electron chi connectivity index (χ0n) is 10.6. The quantitative estimate of drug-likeness (QED) is 0.846. The van der Waals surface area contributed by atoms with Gasteiger partial charge >= 0.3 is 12.0 Å². The van der Waals surface area contributed by atoms with E-state index in [4.69, 9.17) is 5.11 Å². The number of carbonyl (C=O) groups excluding carboxylic acids is 1. The van der Waals surface area contributed by atoms with Crippen molar-refractivity contribution in [2.24, 2.45) is 5.92 Å². The maximum atomic E-state index is 11.7. The average molecular weight is 271 g/mol. The van der Waals surface area contributed by atoms with Crippen molar-refractivity contribution < 1.29 is 14.7 Å². The van der Waals surface area contributed by atoms with Crippen molar-refractivity contribution in [2.45, 2.75) is 20.4 Å². The van der Waals surface area contributed by atoms with Gasteiger partial charge in [0.05, 0.1) is 23.2 Å². The van der Waals surface area contributed by atoms with Gasteiger partial charge in [-0.1, -0.05) is 6.92 Å². The summed E-state index contributed by atoms with van der Waals surface area (Å²) in [6.07, 6.45) is 0. The number of carboxylic acids is 1. The van der Waals surface area contributed by atoms with Crippen molar-refractivity contribution in [1.29, 1.82) is 0 Å². The zero-order valence-corrected chi connectivity index (χ0v) is 11.5. The summed E-state index contributed by atoms with van der Waals surface area (Å²) in [4.78, 5) is 28.0. The van der Waals surface area contributed by atoms with Crippen molar-refractivity contribution in [2.75, 3.05) is 13.6 Å². The highest BCUT2D eigenvalue weighted by molar-refractivity contribution is 7.09. The Balaban J connectivity index is 2.39. The standard InChI is InChI=1S/C11H17N3O3S/c1-7(10(15)16)4-12-11(17)14(3)5-9-6-18-8(2)13-9/h6-7H,4-5H2,1-3H3,(H,12,17)(H,15,16). The summed E-state index contributed by atoms with van der Waals surface area (Å²) in [6.45, 7) is 3.99. The third-order valence-corrected chi connectivity index (χ3v) is 3.22. The lowest BCUT2D eigenvalue weighted by atomic mass is 10.2. The second-order valence-corrected chi connectivity index (χ2v) is 5.20. The summed E-state index contributed by atoms with van der Waals surface area (Å²) >= 11 is 1.53. The molecule has 0 aliphatic heterocycles. The fraction of sp³-hybridized carbons (Fsp3) is 0.545. The van der Waals surface area contributed by atoms with Crippen molar-refractivity contribution >= 4 is 23.3 Å². The number of rotatable bonds is 5. The molecule has 2 N–H and O–H groups in total. The number of nitrogens with zero attached hydrogens (tertiary/aromatic N) is 2. The third kappa shape index (κ3) is 4.33. The first-order valence-electron chi connectivity index (χ1n) is 5.53. The van der Waals surface area contributed by atoms with E-state index in [1.54, 1.807) is 14.0 Å². The fourth-order valence-electron chi connectivity index (χ4n) is 1.26. The smallest absolute Gasteiger partial charge is 0.317 e. The molecule has 100 valence electrons. The molecule has 0 radical (unpaired) electrons. The van der Waals surface area contributed by atoms with E-state index in [9.17, 15) is 9.59 Å². The zero-order chi connectivity index (χ0) is 13.7. The predicted octanol–water partition coefficient (Wildman–Crippen LogP) is 1.31. The lowest BCUT2D eigenvalue weighted by molar-refractivity contribution is -0.140. The number of aliphatic carboxylic acids is 1. The Labute approximate surface area is 110 Å². The SMILES string of the molecule is Cc1nc(CN(C)C(=O)NCC(C)C(=O)O)cs1. The second-order valence-electron chi connectivity index (χ2n) is 4.14. The van der Waals surface area contributed by atoms with Gasteiger partial charge < -0.3 is 15.3 Å². The summed E-state index contributed by atoms with van der Waals surface area (Å²) in [5.41, 5.74) is 0.835. The highest BCUT2D eigenvalue weighted by Gasteiger charge is 2.15. The number of aryl methyl sites for hydroxylation is 1. The van der Waals surface area contributed by atoms with Crippen LogP contribution in [0.25, 0.3) is 0 Å². The van der Waals surface area contributed by atoms with Crippen molar-refractivity contribution in [1.82, 2.24) is 15.2 Å². The number of aromatic nitrogens is 1. The average Bonchev–Trinajstić information content (AvgIpc) is 2.70. The number of urea groups is 1. The summed E-state index contributed by atoms with van der Waals surface area (Å²) in [7, 11) is 1.65. The van der Waals surface area contributed by atoms with Crippen molar-refractivity contribution in [3.05, 3.63) is 16.1 Å². The van der Waals surface area contributed by atoms with Crippen LogP contribution in [0.5, 0.6) is 0 Å². The van der Waals surface area contributed by atoms with Gasteiger partial charge in [-0.15, -0.1) is 11.3 Å². The molecule has 0 fully saturated rings. The molecule has 1 atom stereocenters. The summed E-state index contributed by atoms with van der Waals surface area (Å²) in [5.74, 6) is -1.52. The predicted molar refractivity (Wildman–Crippen MR) is 68.5 cm³/mol. The normalized spacial score (nSPS) is 11.9. The number of carbonyl (C=O) groups is 2. The number of hydrogen-bond acceptors (Lipinski definition) is 4. The Hall–Kier alpha value is -1.63. The van der Waals surface area contributed by atoms with E-state index in [-0.39, 0.29) is 12.6 Å². The van der Waals surface area contributed by atoms with Crippen LogP contribution in [0.1, 0.15) is 17.6 Å². The first kappa shape index (κ1) is 14.4. The lowest BCUT2D eigenvalue weighted by Crippen LogP contribution is -2.40. The fourth-order valence-corrected chi connectivity index (χ4v) is 1.86. The van der Waals surface area contributed by atoms with E-state index in [0.29, 0.717) is 6.54 Å². The first-order chi connectivity index (χ1) is 8.40. The maximum Gasteiger partial charge on any atom is 0.317 e. The molecular formula is C11H17N3O3S. The number of amides is 2. The van der Waals surface area contributed by atoms with Gasteiger partial charge in [0.15, 0.2) is 0 Å². The largest absolute Gasteiger partial charge is 0.481 e. The molecule has 1 heterocycles. The highest BCUT2D eigenvalue weighted by atomic mass is 32.1. The van der Waals surface area contributed by atoms with Crippen molar-refractivity contribution in [3.8, 4) is 0 Å². The molecule has 0 aliphatic rings. The molecule has 1 unspecified atom stereocenters. The first-order valence-corrected chi connectivity index (χ1v) is 6.41. The third-order valence-electron chi connectivity index (χ3n) is 2.39. The number of hydrogen-bond donors (Lipinski definition) is 2. The van der Waals surface area contributed by atoms with Crippen LogP contribution in [0.3, 0.4) is 0 Å². The van der Waals surface area contributed by atoms with Gasteiger partial charge in [0, 0.05) is 19.0 Å². The molecule has 6 nitrogen and oxygen atoms in total. The van der Waals surface area contributed by atoms with Crippen LogP contribution in [0.15, 0.2) is 5.38 Å². The Morgan fingerprint density at radius 2 is 2.28 bits per heavy atom. The number of nitrogens with one attached hydrogen (secondary N) is 1. The van der Waals surface area contributed by atoms with Gasteiger partial charge in [-0.3, -0.25) is 4.79 Å². The molecule has 7 heteroatoms. The van der Waals surface area contributed by atoms with Crippen LogP contribution in [0, 0.1) is 12.8 Å². The minimum Gasteiger partial charge on any atom is -0.481 e. The van der Waals surface area contributed by atoms with E-state index in [1.807, 2.05) is 12.3 Å². The minimum atomic E-state index is -0.923. The molecule has 0 saturated carbocycles. The van der Waals surface area contributed by atoms with Gasteiger partial charge in [0.1, 0.15) is 0 Å². The summed E-state index contributed by atoms with van der Waals surface area (Å²) < 4.78 is 0. The Kier molecular flexibility index (Phi) is 5.08. The van der Waals surface area contributed by atoms with Gasteiger partial charge in [-0.25, -0.2) is 9.78 Å². The van der Waals surface area contributed by atoms with Gasteiger partial charge in [-0.2, -0.15) is 0 Å². The van der Waals surface area contributed by atoms with E-state index in [0.717, 1.165) is 10.7 Å². The van der Waals surface area contributed by atoms with Crippen molar-refractivity contribution in [3.63, 3.8) is 0 Å². The van der Waals surface area contributed by atoms with Gasteiger partial charge in [0.25, 0.3) is 0 Å². The summed E-state index contributed by atoms with van der Waals surface area (Å²) in [5, 5.41) is 14.1. The highest BCUT2D eigenvalue weighted by Crippen LogP contribution is 2.09. The molecule has 1 aromatic rings. The van der Waals surface area contributed by atoms with Crippen LogP contribution in [-0.4, -0.2) is 40.6 Å². The Morgan fingerprint density at radius 1 is 1.61 bits per heavy atom. The molecule has 18 heavy (non-hydrogen) atoms. The van der Waals surface area contributed by atoms with E-state index >= 15 is 0 Å². The molecule has 0 bridgehead atoms. The number of carboxylic acid groups (broad SMARTS) is 1. The van der Waals surface area contributed by atoms with Crippen LogP contribution in [0.2, 0.25) is 0 Å². The molecule has 1 aromatic heterocycles. The molecule has 0 aromatic carbocycles. The molecule has 0 saturated heterocycles. The second kappa shape index (κ2) is 6.34. The topological polar surface area (TPSA) is 82.5 Å². The van der Waals surface area contributed by atoms with E-state index in [2.05, 4.69) is 10.3 Å². The van der Waals surface area contributed by atoms with Crippen LogP contribution >= 0.6 is 11.3 Å². The van der Waals surface area contributed by atoms with Crippen LogP contribution in [-0.2, 0) is 11.3 Å². The molecule has 0 aliphatic carbocycles. The molecule has 2 amide bonds. The lowest BCUT2D eigenvalue weighted by Gasteiger charge is -2.17.